The SMILES string of the molecule is C=C(CS)COC(C(F)(F)F)C(F)(F)F. The van der Waals surface area contributed by atoms with E-state index in [4.69, 9.17) is 0 Å². The van der Waals surface area contributed by atoms with Crippen LogP contribution in [0, 0.1) is 0 Å². The predicted octanol–water partition coefficient (Wildman–Crippen LogP) is 2.98. The number of hydrogen-bond donors (Lipinski definition) is 1. The smallest absolute Gasteiger partial charge is 0.356 e. The Bertz CT molecular complexity index is 207. The minimum Gasteiger partial charge on any atom is -0.356 e. The molecule has 0 saturated carbocycles. The highest BCUT2D eigenvalue weighted by Crippen LogP contribution is 2.35. The van der Waals surface area contributed by atoms with Crippen molar-refractivity contribution in [3.8, 4) is 0 Å². The summed E-state index contributed by atoms with van der Waals surface area (Å²) in [5.41, 5.74) is 0.0387. The normalized spacial score (nSPS) is 13.3. The van der Waals surface area contributed by atoms with Crippen LogP contribution < -0.4 is 0 Å². The van der Waals surface area contributed by atoms with Gasteiger partial charge in [-0.1, -0.05) is 6.58 Å². The van der Waals surface area contributed by atoms with E-state index in [1.165, 1.54) is 0 Å². The van der Waals surface area contributed by atoms with Crippen LogP contribution in [0.3, 0.4) is 0 Å². The molecule has 0 radical (unpaired) electrons. The van der Waals surface area contributed by atoms with Crippen LogP contribution in [0.5, 0.6) is 0 Å². The molecule has 0 aromatic rings. The van der Waals surface area contributed by atoms with Crippen molar-refractivity contribution in [3.05, 3.63) is 12.2 Å². The van der Waals surface area contributed by atoms with E-state index in [2.05, 4.69) is 23.9 Å². The van der Waals surface area contributed by atoms with Gasteiger partial charge in [0, 0.05) is 5.75 Å². The molecule has 1 nitrogen and oxygen atoms in total. The van der Waals surface area contributed by atoms with E-state index in [9.17, 15) is 26.3 Å². The van der Waals surface area contributed by atoms with E-state index >= 15 is 0 Å². The molecule has 8 heteroatoms. The quantitative estimate of drug-likeness (QED) is 0.461. The third-order valence-electron chi connectivity index (χ3n) is 1.27. The third kappa shape index (κ3) is 5.31. The molecule has 0 saturated heterocycles. The maximum atomic E-state index is 11.9. The standard InChI is InChI=1S/C7H8F6OS/c1-4(3-15)2-14-5(6(8,9)10)7(11,12)13/h5,15H,1-3H2. The number of ether oxygens (including phenoxy) is 1. The van der Waals surface area contributed by atoms with Gasteiger partial charge in [-0.05, 0) is 5.57 Å². The molecule has 0 atom stereocenters. The fourth-order valence-electron chi connectivity index (χ4n) is 0.621. The van der Waals surface area contributed by atoms with Gasteiger partial charge in [-0.25, -0.2) is 0 Å². The van der Waals surface area contributed by atoms with Crippen molar-refractivity contribution in [1.82, 2.24) is 0 Å². The summed E-state index contributed by atoms with van der Waals surface area (Å²) < 4.78 is 75.0. The molecular formula is C7H8F6OS. The van der Waals surface area contributed by atoms with Gasteiger partial charge in [0.05, 0.1) is 6.61 Å². The Hall–Kier alpha value is -0.370. The van der Waals surface area contributed by atoms with Crippen LogP contribution in [0.2, 0.25) is 0 Å². The second kappa shape index (κ2) is 5.11. The molecule has 0 spiro atoms. The molecule has 0 aromatic heterocycles. The molecule has 0 unspecified atom stereocenters. The van der Waals surface area contributed by atoms with Crippen molar-refractivity contribution in [2.75, 3.05) is 12.4 Å². The molecule has 90 valence electrons. The van der Waals surface area contributed by atoms with Gasteiger partial charge in [-0.3, -0.25) is 0 Å². The Balaban J connectivity index is 4.49. The lowest BCUT2D eigenvalue weighted by atomic mass is 10.3. The van der Waals surface area contributed by atoms with Crippen LogP contribution in [-0.4, -0.2) is 30.8 Å². The van der Waals surface area contributed by atoms with Crippen LogP contribution in [0.1, 0.15) is 0 Å². The molecule has 0 aliphatic rings. The Kier molecular flexibility index (Phi) is 4.98. The molecule has 0 aromatic carbocycles. The summed E-state index contributed by atoms with van der Waals surface area (Å²) in [5.74, 6) is -0.0393. The monoisotopic (exact) mass is 254 g/mol. The summed E-state index contributed by atoms with van der Waals surface area (Å²) in [4.78, 5) is 0. The highest BCUT2D eigenvalue weighted by Gasteiger charge is 2.57. The minimum atomic E-state index is -5.48. The van der Waals surface area contributed by atoms with Gasteiger partial charge in [0.1, 0.15) is 0 Å². The maximum Gasteiger partial charge on any atom is 0.423 e. The van der Waals surface area contributed by atoms with Crippen molar-refractivity contribution < 1.29 is 31.1 Å². The first-order valence-corrected chi connectivity index (χ1v) is 4.24. The summed E-state index contributed by atoms with van der Waals surface area (Å²) in [6.45, 7) is 2.35. The molecule has 0 rings (SSSR count). The number of hydrogen-bond acceptors (Lipinski definition) is 2. The fourth-order valence-corrected chi connectivity index (χ4v) is 0.713. The van der Waals surface area contributed by atoms with E-state index < -0.39 is 25.1 Å². The number of alkyl halides is 6. The summed E-state index contributed by atoms with van der Waals surface area (Å²) in [5, 5.41) is 0. The van der Waals surface area contributed by atoms with Gasteiger partial charge >= 0.3 is 12.4 Å². The van der Waals surface area contributed by atoms with Crippen molar-refractivity contribution >= 4 is 12.6 Å². The third-order valence-corrected chi connectivity index (χ3v) is 1.72. The minimum absolute atomic E-state index is 0.0387. The first-order chi connectivity index (χ1) is 6.59. The highest BCUT2D eigenvalue weighted by molar-refractivity contribution is 7.80. The Labute approximate surface area is 87.5 Å². The van der Waals surface area contributed by atoms with Gasteiger partial charge in [0.15, 0.2) is 0 Å². The van der Waals surface area contributed by atoms with Crippen LogP contribution in [0.4, 0.5) is 26.3 Å². The Morgan fingerprint density at radius 3 is 1.80 bits per heavy atom. The zero-order chi connectivity index (χ0) is 12.3. The average Bonchev–Trinajstić information content (AvgIpc) is 1.99. The zero-order valence-electron chi connectivity index (χ0n) is 7.32. The second-order valence-electron chi connectivity index (χ2n) is 2.68. The zero-order valence-corrected chi connectivity index (χ0v) is 8.22. The average molecular weight is 254 g/mol. The van der Waals surface area contributed by atoms with Gasteiger partial charge in [0.2, 0.25) is 6.10 Å². The molecule has 0 aliphatic carbocycles. The molecule has 15 heavy (non-hydrogen) atoms. The van der Waals surface area contributed by atoms with E-state index in [1.807, 2.05) is 0 Å². The number of rotatable bonds is 4. The van der Waals surface area contributed by atoms with Gasteiger partial charge in [0.25, 0.3) is 0 Å². The van der Waals surface area contributed by atoms with Gasteiger partial charge < -0.3 is 4.74 Å². The van der Waals surface area contributed by atoms with Crippen LogP contribution >= 0.6 is 12.6 Å². The molecule has 0 fully saturated rings. The van der Waals surface area contributed by atoms with E-state index in [0.29, 0.717) is 0 Å². The first-order valence-electron chi connectivity index (χ1n) is 3.61. The van der Waals surface area contributed by atoms with Crippen LogP contribution in [-0.2, 0) is 4.74 Å². The molecule has 0 heterocycles. The molecule has 0 amide bonds. The van der Waals surface area contributed by atoms with Crippen molar-refractivity contribution in [1.29, 1.82) is 0 Å². The summed E-state index contributed by atoms with van der Waals surface area (Å²) >= 11 is 3.62. The second-order valence-corrected chi connectivity index (χ2v) is 3.00. The Morgan fingerprint density at radius 1 is 1.13 bits per heavy atom. The van der Waals surface area contributed by atoms with Crippen LogP contribution in [0.25, 0.3) is 0 Å². The summed E-state index contributed by atoms with van der Waals surface area (Å²) in [6, 6.07) is 0. The topological polar surface area (TPSA) is 9.23 Å². The lowest BCUT2D eigenvalue weighted by Crippen LogP contribution is -2.44. The molecule has 0 bridgehead atoms. The van der Waals surface area contributed by atoms with Crippen molar-refractivity contribution in [3.63, 3.8) is 0 Å². The lowest BCUT2D eigenvalue weighted by molar-refractivity contribution is -0.319. The molecule has 0 N–H and O–H groups in total. The van der Waals surface area contributed by atoms with Gasteiger partial charge in [-0.15, -0.1) is 0 Å². The molecule has 0 aliphatic heterocycles. The predicted molar refractivity (Wildman–Crippen MR) is 44.8 cm³/mol. The number of halogens is 6. The molecular weight excluding hydrogens is 246 g/mol. The summed E-state index contributed by atoms with van der Waals surface area (Å²) in [6.07, 6.45) is -14.7. The van der Waals surface area contributed by atoms with Crippen molar-refractivity contribution in [2.45, 2.75) is 18.5 Å². The van der Waals surface area contributed by atoms with E-state index in [1.54, 1.807) is 0 Å². The number of thiol groups is 1. The van der Waals surface area contributed by atoms with Crippen molar-refractivity contribution in [2.24, 2.45) is 0 Å². The van der Waals surface area contributed by atoms with Crippen LogP contribution in [0.15, 0.2) is 12.2 Å². The van der Waals surface area contributed by atoms with Gasteiger partial charge in [-0.2, -0.15) is 39.0 Å². The summed E-state index contributed by atoms with van der Waals surface area (Å²) in [7, 11) is 0. The highest BCUT2D eigenvalue weighted by atomic mass is 32.1. The largest absolute Gasteiger partial charge is 0.423 e. The maximum absolute atomic E-state index is 11.9. The Morgan fingerprint density at radius 2 is 1.53 bits per heavy atom. The van der Waals surface area contributed by atoms with E-state index in [-0.39, 0.29) is 11.3 Å². The fraction of sp³-hybridized carbons (Fsp3) is 0.714. The lowest BCUT2D eigenvalue weighted by Gasteiger charge is -2.23. The van der Waals surface area contributed by atoms with E-state index in [0.717, 1.165) is 0 Å². The first kappa shape index (κ1) is 14.6.